The number of hydrogen-bond acceptors (Lipinski definition) is 6. The summed E-state index contributed by atoms with van der Waals surface area (Å²) in [6.07, 6.45) is 7.77. The SMILES string of the molecule is CCCc1nc2c(C)cc(NCC(=O)NC3CCCCC3)cc2n1Cc1ccc(-c2ccccc2-c2nn[nH]n2)cc1. The molecule has 42 heavy (non-hydrogen) atoms. The molecule has 6 rings (SSSR count). The zero-order chi connectivity index (χ0) is 28.9. The van der Waals surface area contributed by atoms with Crippen molar-refractivity contribution in [2.45, 2.75) is 71.4 Å². The first-order chi connectivity index (χ1) is 20.6. The van der Waals surface area contributed by atoms with E-state index in [9.17, 15) is 4.79 Å². The van der Waals surface area contributed by atoms with Gasteiger partial charge in [-0.25, -0.2) is 4.98 Å². The molecule has 0 aliphatic heterocycles. The smallest absolute Gasteiger partial charge is 0.239 e. The van der Waals surface area contributed by atoms with E-state index in [0.29, 0.717) is 18.4 Å². The number of aromatic nitrogens is 6. The quantitative estimate of drug-likeness (QED) is 0.191. The monoisotopic (exact) mass is 562 g/mol. The molecular formula is C33H38N8O. The van der Waals surface area contributed by atoms with Crippen LogP contribution in [0.15, 0.2) is 60.7 Å². The zero-order valence-electron chi connectivity index (χ0n) is 24.4. The minimum Gasteiger partial charge on any atom is -0.376 e. The van der Waals surface area contributed by atoms with Crippen molar-refractivity contribution in [3.63, 3.8) is 0 Å². The van der Waals surface area contributed by atoms with Crippen molar-refractivity contribution in [3.8, 4) is 22.5 Å². The Morgan fingerprint density at radius 2 is 1.81 bits per heavy atom. The highest BCUT2D eigenvalue weighted by Gasteiger charge is 2.17. The minimum absolute atomic E-state index is 0.0563. The predicted octanol–water partition coefficient (Wildman–Crippen LogP) is 6.05. The first-order valence-electron chi connectivity index (χ1n) is 15.0. The molecule has 0 unspecified atom stereocenters. The van der Waals surface area contributed by atoms with Crippen LogP contribution in [0, 0.1) is 6.92 Å². The maximum absolute atomic E-state index is 12.6. The number of amides is 1. The summed E-state index contributed by atoms with van der Waals surface area (Å²) in [7, 11) is 0. The average Bonchev–Trinajstić information content (AvgIpc) is 3.67. The number of fused-ring (bicyclic) bond motifs is 1. The molecule has 0 saturated heterocycles. The van der Waals surface area contributed by atoms with Crippen LogP contribution in [0.3, 0.4) is 0 Å². The van der Waals surface area contributed by atoms with Gasteiger partial charge in [-0.3, -0.25) is 4.79 Å². The second-order valence-electron chi connectivity index (χ2n) is 11.3. The third-order valence-electron chi connectivity index (χ3n) is 8.14. The molecule has 1 aliphatic rings. The maximum Gasteiger partial charge on any atom is 0.239 e. The Bertz CT molecular complexity index is 1650. The molecule has 1 fully saturated rings. The Balaban J connectivity index is 1.23. The van der Waals surface area contributed by atoms with Crippen molar-refractivity contribution in [1.82, 2.24) is 35.5 Å². The van der Waals surface area contributed by atoms with Crippen LogP contribution < -0.4 is 10.6 Å². The molecule has 3 N–H and O–H groups in total. The normalized spacial score (nSPS) is 13.9. The fourth-order valence-corrected chi connectivity index (χ4v) is 6.02. The van der Waals surface area contributed by atoms with Gasteiger partial charge in [0, 0.05) is 30.3 Å². The van der Waals surface area contributed by atoms with Gasteiger partial charge < -0.3 is 15.2 Å². The van der Waals surface area contributed by atoms with Gasteiger partial charge in [0.15, 0.2) is 0 Å². The maximum atomic E-state index is 12.6. The van der Waals surface area contributed by atoms with E-state index in [1.54, 1.807) is 0 Å². The van der Waals surface area contributed by atoms with Gasteiger partial charge in [0.1, 0.15) is 5.82 Å². The van der Waals surface area contributed by atoms with Gasteiger partial charge in [-0.2, -0.15) is 5.21 Å². The Morgan fingerprint density at radius 1 is 1.02 bits per heavy atom. The number of H-pyrrole nitrogens is 1. The third kappa shape index (κ3) is 6.05. The lowest BCUT2D eigenvalue weighted by atomic mass is 9.95. The van der Waals surface area contributed by atoms with E-state index in [4.69, 9.17) is 4.98 Å². The van der Waals surface area contributed by atoms with Gasteiger partial charge >= 0.3 is 0 Å². The average molecular weight is 563 g/mol. The number of carbonyl (C=O) groups is 1. The lowest BCUT2D eigenvalue weighted by Crippen LogP contribution is -2.39. The molecule has 0 bridgehead atoms. The number of carbonyl (C=O) groups excluding carboxylic acids is 1. The van der Waals surface area contributed by atoms with Crippen molar-refractivity contribution in [1.29, 1.82) is 0 Å². The van der Waals surface area contributed by atoms with Gasteiger partial charge in [0.25, 0.3) is 0 Å². The van der Waals surface area contributed by atoms with Crippen LogP contribution in [0.1, 0.15) is 62.4 Å². The number of hydrogen-bond donors (Lipinski definition) is 3. The summed E-state index contributed by atoms with van der Waals surface area (Å²) in [5.74, 6) is 1.71. The summed E-state index contributed by atoms with van der Waals surface area (Å²) in [5.41, 5.74) is 8.43. The van der Waals surface area contributed by atoms with Crippen molar-refractivity contribution in [2.24, 2.45) is 0 Å². The van der Waals surface area contributed by atoms with Crippen molar-refractivity contribution < 1.29 is 4.79 Å². The molecule has 0 atom stereocenters. The number of tetrazole rings is 1. The van der Waals surface area contributed by atoms with Crippen molar-refractivity contribution in [3.05, 3.63) is 77.6 Å². The van der Waals surface area contributed by atoms with Crippen LogP contribution in [0.2, 0.25) is 0 Å². The van der Waals surface area contributed by atoms with Gasteiger partial charge in [-0.15, -0.1) is 10.2 Å². The van der Waals surface area contributed by atoms with E-state index in [1.807, 2.05) is 18.2 Å². The minimum atomic E-state index is 0.0563. The van der Waals surface area contributed by atoms with Crippen LogP contribution in [0.25, 0.3) is 33.5 Å². The molecule has 9 heteroatoms. The van der Waals surface area contributed by atoms with Crippen LogP contribution in [0.5, 0.6) is 0 Å². The molecule has 216 valence electrons. The van der Waals surface area contributed by atoms with Gasteiger partial charge in [-0.1, -0.05) is 74.7 Å². The van der Waals surface area contributed by atoms with Crippen LogP contribution in [0.4, 0.5) is 5.69 Å². The Labute approximate surface area is 246 Å². The van der Waals surface area contributed by atoms with Crippen LogP contribution >= 0.6 is 0 Å². The summed E-state index contributed by atoms with van der Waals surface area (Å²) in [5, 5.41) is 21.2. The highest BCUT2D eigenvalue weighted by Crippen LogP contribution is 2.31. The second kappa shape index (κ2) is 12.5. The number of aromatic amines is 1. The second-order valence-corrected chi connectivity index (χ2v) is 11.3. The molecule has 2 aromatic heterocycles. The fourth-order valence-electron chi connectivity index (χ4n) is 6.02. The molecule has 1 aliphatic carbocycles. The summed E-state index contributed by atoms with van der Waals surface area (Å²) in [6.45, 7) is 5.26. The van der Waals surface area contributed by atoms with Gasteiger partial charge in [0.05, 0.1) is 17.6 Å². The van der Waals surface area contributed by atoms with E-state index in [0.717, 1.165) is 70.5 Å². The Kier molecular flexibility index (Phi) is 8.26. The van der Waals surface area contributed by atoms with Crippen molar-refractivity contribution in [2.75, 3.05) is 11.9 Å². The van der Waals surface area contributed by atoms with Crippen molar-refractivity contribution >= 4 is 22.6 Å². The highest BCUT2D eigenvalue weighted by atomic mass is 16.2. The molecule has 0 spiro atoms. The van der Waals surface area contributed by atoms with E-state index < -0.39 is 0 Å². The number of aryl methyl sites for hydroxylation is 2. The van der Waals surface area contributed by atoms with Crippen LogP contribution in [-0.4, -0.2) is 48.7 Å². The number of benzene rings is 3. The van der Waals surface area contributed by atoms with E-state index in [1.165, 1.54) is 24.8 Å². The summed E-state index contributed by atoms with van der Waals surface area (Å²) < 4.78 is 2.32. The largest absolute Gasteiger partial charge is 0.376 e. The summed E-state index contributed by atoms with van der Waals surface area (Å²) in [4.78, 5) is 17.7. The molecule has 1 amide bonds. The number of nitrogens with zero attached hydrogens (tertiary/aromatic N) is 5. The third-order valence-corrected chi connectivity index (χ3v) is 8.14. The molecular weight excluding hydrogens is 524 g/mol. The fraction of sp³-hybridized carbons (Fsp3) is 0.364. The molecule has 0 radical (unpaired) electrons. The lowest BCUT2D eigenvalue weighted by Gasteiger charge is -2.23. The molecule has 3 aromatic carbocycles. The van der Waals surface area contributed by atoms with E-state index in [-0.39, 0.29) is 12.5 Å². The van der Waals surface area contributed by atoms with Crippen LogP contribution in [-0.2, 0) is 17.8 Å². The first kappa shape index (κ1) is 27.6. The summed E-state index contributed by atoms with van der Waals surface area (Å²) >= 11 is 0. The first-order valence-corrected chi connectivity index (χ1v) is 15.0. The predicted molar refractivity (Wildman–Crippen MR) is 166 cm³/mol. The van der Waals surface area contributed by atoms with Gasteiger partial charge in [0.2, 0.25) is 11.7 Å². The number of imidazole rings is 1. The number of anilines is 1. The highest BCUT2D eigenvalue weighted by molar-refractivity contribution is 5.86. The topological polar surface area (TPSA) is 113 Å². The molecule has 1 saturated carbocycles. The van der Waals surface area contributed by atoms with Gasteiger partial charge in [-0.05, 0) is 65.8 Å². The number of nitrogens with one attached hydrogen (secondary N) is 3. The zero-order valence-corrected chi connectivity index (χ0v) is 24.4. The standard InChI is InChI=1S/C33H38N8O/c1-3-9-30-36-32-22(2)18-26(34-20-31(42)35-25-10-5-4-6-11-25)19-29(32)41(30)21-23-14-16-24(17-15-23)27-12-7-8-13-28(27)33-37-39-40-38-33/h7-8,12-19,25,34H,3-6,9-11,20-21H2,1-2H3,(H,35,42)(H,37,38,39,40). The Morgan fingerprint density at radius 3 is 2.55 bits per heavy atom. The number of rotatable bonds is 10. The van der Waals surface area contributed by atoms with E-state index >= 15 is 0 Å². The summed E-state index contributed by atoms with van der Waals surface area (Å²) in [6, 6.07) is 21.3. The van der Waals surface area contributed by atoms with E-state index in [2.05, 4.69) is 92.1 Å². The molecule has 5 aromatic rings. The Hall–Kier alpha value is -4.53. The lowest BCUT2D eigenvalue weighted by molar-refractivity contribution is -0.120. The molecule has 9 nitrogen and oxygen atoms in total. The molecule has 2 heterocycles.